The topological polar surface area (TPSA) is 21.3 Å². The molecule has 0 amide bonds. The van der Waals surface area contributed by atoms with Crippen molar-refractivity contribution in [1.82, 2.24) is 4.98 Å². The van der Waals surface area contributed by atoms with Crippen LogP contribution in [0.2, 0.25) is 17.6 Å². The number of hydrogen-bond donors (Lipinski definition) is 1. The average molecular weight is 282 g/mol. The predicted molar refractivity (Wildman–Crippen MR) is 87.1 cm³/mol. The highest BCUT2D eigenvalue weighted by molar-refractivity contribution is 6.80. The zero-order valence-corrected chi connectivity index (χ0v) is 14.8. The first-order valence-electron chi connectivity index (χ1n) is 7.54. The number of allylic oxidation sites excluding steroid dienone is 4. The molecule has 0 heterocycles. The van der Waals surface area contributed by atoms with Crippen molar-refractivity contribution in [2.45, 2.75) is 59.2 Å². The molecular weight excluding hydrogens is 250 g/mol. The van der Waals surface area contributed by atoms with Crippen LogP contribution in [-0.2, 0) is 4.74 Å². The summed E-state index contributed by atoms with van der Waals surface area (Å²) in [6, 6.07) is 2.57. The van der Waals surface area contributed by atoms with Crippen molar-refractivity contribution in [2.24, 2.45) is 0 Å². The summed E-state index contributed by atoms with van der Waals surface area (Å²) in [5.74, 6) is 0. The molecule has 1 aliphatic carbocycles. The molecule has 1 N–H and O–H groups in total. The highest BCUT2D eigenvalue weighted by Crippen LogP contribution is 2.47. The van der Waals surface area contributed by atoms with E-state index in [1.54, 1.807) is 18.3 Å². The maximum Gasteiger partial charge on any atom is 0.136 e. The van der Waals surface area contributed by atoms with E-state index in [1.807, 2.05) is 0 Å². The fourth-order valence-corrected chi connectivity index (χ4v) is 8.30. The number of hydrogen-bond acceptors (Lipinski definition) is 2. The zero-order chi connectivity index (χ0) is 14.6. The summed E-state index contributed by atoms with van der Waals surface area (Å²) in [6.07, 6.45) is 0. The van der Waals surface area contributed by atoms with Crippen LogP contribution in [0.5, 0.6) is 0 Å². The van der Waals surface area contributed by atoms with Crippen molar-refractivity contribution in [1.29, 1.82) is 0 Å². The molecule has 0 saturated heterocycles. The molecule has 1 rings (SSSR count). The van der Waals surface area contributed by atoms with Gasteiger partial charge in [0, 0.05) is 19.2 Å². The molecule has 0 spiro atoms. The summed E-state index contributed by atoms with van der Waals surface area (Å²) in [6.45, 7) is 15.8. The summed E-state index contributed by atoms with van der Waals surface area (Å²) in [5, 5.41) is 0. The summed E-state index contributed by atoms with van der Waals surface area (Å²) >= 11 is 0. The Balaban J connectivity index is 3.06. The van der Waals surface area contributed by atoms with Gasteiger partial charge in [0.05, 0.1) is 6.61 Å². The second-order valence-corrected chi connectivity index (χ2v) is 10.5. The van der Waals surface area contributed by atoms with E-state index in [0.29, 0.717) is 5.54 Å². The molecule has 0 saturated carbocycles. The molecular formula is C16H31NOSi. The Kier molecular flexibility index (Phi) is 6.02. The van der Waals surface area contributed by atoms with Crippen molar-refractivity contribution >= 4 is 8.24 Å². The molecule has 19 heavy (non-hydrogen) atoms. The van der Waals surface area contributed by atoms with Gasteiger partial charge < -0.3 is 9.72 Å². The van der Waals surface area contributed by atoms with Gasteiger partial charge in [0.15, 0.2) is 0 Å². The first-order valence-corrected chi connectivity index (χ1v) is 10.0. The first-order chi connectivity index (χ1) is 8.95. The largest absolute Gasteiger partial charge is 0.383 e. The van der Waals surface area contributed by atoms with E-state index in [1.165, 1.54) is 23.2 Å². The van der Waals surface area contributed by atoms with Crippen LogP contribution in [0.15, 0.2) is 22.3 Å². The minimum atomic E-state index is -1.50. The van der Waals surface area contributed by atoms with E-state index >= 15 is 0 Å². The van der Waals surface area contributed by atoms with E-state index in [2.05, 4.69) is 46.5 Å². The Morgan fingerprint density at radius 1 is 1.00 bits per heavy atom. The van der Waals surface area contributed by atoms with Gasteiger partial charge in [0.25, 0.3) is 0 Å². The summed E-state index contributed by atoms with van der Waals surface area (Å²) < 4.78 is 5.22. The standard InChI is InChI=1S/C16H31NOSi/c1-8-19(9-2,17-10-11-18-7)16-14(5)12(3)13(4)15(16)6/h16-17H,8-11H2,1-7H3. The minimum Gasteiger partial charge on any atom is -0.383 e. The Hall–Kier alpha value is -0.383. The quantitative estimate of drug-likeness (QED) is 0.556. The monoisotopic (exact) mass is 281 g/mol. The molecule has 110 valence electrons. The van der Waals surface area contributed by atoms with Gasteiger partial charge in [0.1, 0.15) is 8.24 Å². The fraction of sp³-hybridized carbons (Fsp3) is 0.750. The predicted octanol–water partition coefficient (Wildman–Crippen LogP) is 4.26. The molecule has 0 aromatic rings. The lowest BCUT2D eigenvalue weighted by Crippen LogP contribution is -2.54. The lowest BCUT2D eigenvalue weighted by atomic mass is 10.1. The third kappa shape index (κ3) is 3.04. The van der Waals surface area contributed by atoms with Crippen molar-refractivity contribution in [3.05, 3.63) is 22.3 Å². The van der Waals surface area contributed by atoms with Gasteiger partial charge in [-0.1, -0.05) is 25.0 Å². The Morgan fingerprint density at radius 2 is 1.47 bits per heavy atom. The van der Waals surface area contributed by atoms with Crippen LogP contribution < -0.4 is 4.98 Å². The van der Waals surface area contributed by atoms with Gasteiger partial charge >= 0.3 is 0 Å². The van der Waals surface area contributed by atoms with Gasteiger partial charge in [-0.2, -0.15) is 0 Å². The second-order valence-electron chi connectivity index (χ2n) is 5.83. The molecule has 0 aliphatic heterocycles. The third-order valence-corrected chi connectivity index (χ3v) is 10.7. The molecule has 2 nitrogen and oxygen atoms in total. The van der Waals surface area contributed by atoms with E-state index in [9.17, 15) is 0 Å². The van der Waals surface area contributed by atoms with Gasteiger partial charge in [-0.25, -0.2) is 0 Å². The van der Waals surface area contributed by atoms with Gasteiger partial charge in [-0.15, -0.1) is 0 Å². The maximum atomic E-state index is 5.22. The molecule has 0 radical (unpaired) electrons. The van der Waals surface area contributed by atoms with Crippen LogP contribution >= 0.6 is 0 Å². The number of nitrogens with one attached hydrogen (secondary N) is 1. The highest BCUT2D eigenvalue weighted by Gasteiger charge is 2.43. The smallest absolute Gasteiger partial charge is 0.136 e. The van der Waals surface area contributed by atoms with Crippen LogP contribution in [0.4, 0.5) is 0 Å². The average Bonchev–Trinajstić information content (AvgIpc) is 2.61. The van der Waals surface area contributed by atoms with Crippen LogP contribution in [-0.4, -0.2) is 28.5 Å². The Morgan fingerprint density at radius 3 is 1.84 bits per heavy atom. The normalized spacial score (nSPS) is 17.8. The number of rotatable bonds is 7. The summed E-state index contributed by atoms with van der Waals surface area (Å²) in [5.41, 5.74) is 6.94. The third-order valence-electron chi connectivity index (χ3n) is 5.21. The Labute approximate surface area is 120 Å². The van der Waals surface area contributed by atoms with Crippen LogP contribution in [0, 0.1) is 0 Å². The van der Waals surface area contributed by atoms with E-state index in [-0.39, 0.29) is 0 Å². The minimum absolute atomic E-state index is 0.680. The van der Waals surface area contributed by atoms with E-state index in [0.717, 1.165) is 13.2 Å². The molecule has 0 bridgehead atoms. The molecule has 0 aromatic carbocycles. The van der Waals surface area contributed by atoms with Gasteiger partial charge in [0.2, 0.25) is 0 Å². The summed E-state index contributed by atoms with van der Waals surface area (Å²) in [4.78, 5) is 3.92. The Bertz CT molecular complexity index is 356. The molecule has 0 atom stereocenters. The van der Waals surface area contributed by atoms with Crippen molar-refractivity contribution < 1.29 is 4.74 Å². The van der Waals surface area contributed by atoms with E-state index in [4.69, 9.17) is 4.74 Å². The SMILES string of the molecule is CC[Si](CC)(NCCOC)C1C(C)=C(C)C(C)=C1C. The molecule has 0 fully saturated rings. The maximum absolute atomic E-state index is 5.22. The van der Waals surface area contributed by atoms with Crippen molar-refractivity contribution in [2.75, 3.05) is 20.3 Å². The second kappa shape index (κ2) is 6.87. The van der Waals surface area contributed by atoms with Crippen molar-refractivity contribution in [3.63, 3.8) is 0 Å². The lowest BCUT2D eigenvalue weighted by Gasteiger charge is -2.38. The van der Waals surface area contributed by atoms with Gasteiger partial charge in [-0.05, 0) is 50.9 Å². The zero-order valence-electron chi connectivity index (χ0n) is 13.8. The number of methoxy groups -OCH3 is 1. The highest BCUT2D eigenvalue weighted by atomic mass is 28.3. The lowest BCUT2D eigenvalue weighted by molar-refractivity contribution is 0.204. The van der Waals surface area contributed by atoms with Crippen LogP contribution in [0.3, 0.4) is 0 Å². The van der Waals surface area contributed by atoms with Gasteiger partial charge in [-0.3, -0.25) is 0 Å². The van der Waals surface area contributed by atoms with Crippen LogP contribution in [0.25, 0.3) is 0 Å². The fourth-order valence-electron chi connectivity index (χ4n) is 3.59. The molecule has 1 aliphatic rings. The summed E-state index contributed by atoms with van der Waals surface area (Å²) in [7, 11) is 0.278. The molecule has 3 heteroatoms. The number of ether oxygens (including phenoxy) is 1. The first kappa shape index (κ1) is 16.7. The molecule has 0 aromatic heterocycles. The molecule has 0 unspecified atom stereocenters. The van der Waals surface area contributed by atoms with Crippen molar-refractivity contribution in [3.8, 4) is 0 Å². The van der Waals surface area contributed by atoms with Crippen LogP contribution in [0.1, 0.15) is 41.5 Å². The van der Waals surface area contributed by atoms with E-state index < -0.39 is 8.24 Å².